The highest BCUT2D eigenvalue weighted by Crippen LogP contribution is 2.48. The predicted molar refractivity (Wildman–Crippen MR) is 75.6 cm³/mol. The molecule has 0 saturated carbocycles. The van der Waals surface area contributed by atoms with Crippen LogP contribution in [0.3, 0.4) is 0 Å². The molecule has 0 aliphatic carbocycles. The number of ether oxygens (including phenoxy) is 1. The van der Waals surface area contributed by atoms with Gasteiger partial charge in [0.05, 0.1) is 31.4 Å². The number of rotatable bonds is 6. The highest BCUT2D eigenvalue weighted by Gasteiger charge is 2.22. The number of fused-ring (bicyclic) bond motifs is 1. The fraction of sp³-hybridized carbons (Fsp3) is 0.417. The molecule has 1 aromatic heterocycles. The van der Waals surface area contributed by atoms with Crippen LogP contribution in [0.4, 0.5) is 0 Å². The normalized spacial score (nSPS) is 13.1. The molecule has 0 spiro atoms. The van der Waals surface area contributed by atoms with Crippen molar-refractivity contribution in [3.05, 3.63) is 23.8 Å². The third-order valence-electron chi connectivity index (χ3n) is 2.54. The first-order valence-corrected chi connectivity index (χ1v) is 7.81. The van der Waals surface area contributed by atoms with Crippen molar-refractivity contribution in [3.8, 4) is 5.75 Å². The summed E-state index contributed by atoms with van der Waals surface area (Å²) in [6.45, 7) is 3.99. The van der Waals surface area contributed by atoms with Crippen LogP contribution in [0.2, 0.25) is 0 Å². The zero-order valence-electron chi connectivity index (χ0n) is 11.7. The van der Waals surface area contributed by atoms with Crippen LogP contribution in [0.15, 0.2) is 23.0 Å². The van der Waals surface area contributed by atoms with Crippen molar-refractivity contribution < 1.29 is 18.3 Å². The molecule has 0 saturated heterocycles. The van der Waals surface area contributed by atoms with Crippen molar-refractivity contribution in [3.63, 3.8) is 0 Å². The van der Waals surface area contributed by atoms with E-state index in [1.54, 1.807) is 21.0 Å². The average Bonchev–Trinajstić information content (AvgIpc) is 2.79. The third kappa shape index (κ3) is 3.30. The van der Waals surface area contributed by atoms with Crippen LogP contribution in [0.5, 0.6) is 5.75 Å². The maximum atomic E-state index is 12.3. The van der Waals surface area contributed by atoms with E-state index in [4.69, 9.17) is 13.8 Å². The van der Waals surface area contributed by atoms with Gasteiger partial charge in [-0.05, 0) is 26.0 Å². The zero-order valence-corrected chi connectivity index (χ0v) is 12.6. The van der Waals surface area contributed by atoms with Gasteiger partial charge in [-0.3, -0.25) is 9.05 Å². The minimum atomic E-state index is -3.48. The van der Waals surface area contributed by atoms with Crippen molar-refractivity contribution in [2.24, 2.45) is 4.76 Å². The van der Waals surface area contributed by atoms with E-state index in [1.807, 2.05) is 18.2 Å². The molecular weight excluding hydrogens is 281 g/mol. The molecule has 0 aliphatic rings. The molecule has 2 N–H and O–H groups in total. The Morgan fingerprint density at radius 2 is 1.80 bits per heavy atom. The Morgan fingerprint density at radius 1 is 1.15 bits per heavy atom. The number of nitrogens with one attached hydrogen (secondary N) is 2. The third-order valence-corrected chi connectivity index (χ3v) is 4.15. The Hall–Kier alpha value is -1.56. The summed E-state index contributed by atoms with van der Waals surface area (Å²) in [6, 6.07) is 5.48. The predicted octanol–water partition coefficient (Wildman–Crippen LogP) is 2.59. The molecule has 0 radical (unpaired) electrons. The van der Waals surface area contributed by atoms with E-state index in [1.165, 1.54) is 0 Å². The lowest BCUT2D eigenvalue weighted by atomic mass is 10.3. The number of hydrogen-bond donors (Lipinski definition) is 2. The second-order valence-corrected chi connectivity index (χ2v) is 5.57. The lowest BCUT2D eigenvalue weighted by Crippen LogP contribution is -2.07. The van der Waals surface area contributed by atoms with Gasteiger partial charge >= 0.3 is 7.75 Å². The second-order valence-electron chi connectivity index (χ2n) is 3.91. The van der Waals surface area contributed by atoms with Gasteiger partial charge in [0, 0.05) is 6.07 Å². The van der Waals surface area contributed by atoms with Gasteiger partial charge in [0.2, 0.25) is 5.62 Å². The monoisotopic (exact) mass is 299 g/mol. The second kappa shape index (κ2) is 6.26. The van der Waals surface area contributed by atoms with Gasteiger partial charge in [0.1, 0.15) is 5.75 Å². The van der Waals surface area contributed by atoms with Crippen LogP contribution in [-0.4, -0.2) is 30.3 Å². The van der Waals surface area contributed by atoms with Crippen molar-refractivity contribution in [2.75, 3.05) is 20.3 Å². The molecule has 8 heteroatoms. The topological polar surface area (TPSA) is 88.7 Å². The van der Waals surface area contributed by atoms with Gasteiger partial charge < -0.3 is 14.7 Å². The Bertz CT molecular complexity index is 681. The number of benzene rings is 1. The van der Waals surface area contributed by atoms with E-state index in [2.05, 4.69) is 14.7 Å². The minimum absolute atomic E-state index is 0.259. The van der Waals surface area contributed by atoms with E-state index in [9.17, 15) is 4.57 Å². The quantitative estimate of drug-likeness (QED) is 0.802. The molecule has 0 unspecified atom stereocenters. The number of imidazole rings is 1. The van der Waals surface area contributed by atoms with Gasteiger partial charge in [0.15, 0.2) is 0 Å². The van der Waals surface area contributed by atoms with Gasteiger partial charge in [-0.15, -0.1) is 4.76 Å². The molecular formula is C12H18N3O4P. The fourth-order valence-electron chi connectivity index (χ4n) is 1.74. The number of aromatic nitrogens is 2. The summed E-state index contributed by atoms with van der Waals surface area (Å²) in [5.41, 5.74) is 1.95. The first kappa shape index (κ1) is 14.8. The number of methoxy groups -OCH3 is 1. The Morgan fingerprint density at radius 3 is 2.40 bits per heavy atom. The van der Waals surface area contributed by atoms with Crippen molar-refractivity contribution >= 4 is 18.8 Å². The van der Waals surface area contributed by atoms with E-state index < -0.39 is 7.75 Å². The Balaban J connectivity index is 2.45. The largest absolute Gasteiger partial charge is 0.497 e. The minimum Gasteiger partial charge on any atom is -0.497 e. The molecule has 0 amide bonds. The highest BCUT2D eigenvalue weighted by atomic mass is 31.2. The molecule has 0 atom stereocenters. The highest BCUT2D eigenvalue weighted by molar-refractivity contribution is 7.52. The molecule has 1 aromatic carbocycles. The van der Waals surface area contributed by atoms with Gasteiger partial charge in [-0.2, -0.15) is 0 Å². The summed E-state index contributed by atoms with van der Waals surface area (Å²) in [7, 11) is -1.89. The standard InChI is InChI=1S/C12H18N3O4P/c1-4-18-20(16,19-5-2)15-12-13-10-7-6-9(17-3)8-11(10)14-12/h6-8H,4-5H2,1-3H3,(H2,13,14,15,16). The molecule has 2 rings (SSSR count). The van der Waals surface area contributed by atoms with Crippen LogP contribution >= 0.6 is 7.75 Å². The van der Waals surface area contributed by atoms with Gasteiger partial charge in [-0.25, -0.2) is 4.57 Å². The van der Waals surface area contributed by atoms with Crippen LogP contribution in [0.25, 0.3) is 11.0 Å². The van der Waals surface area contributed by atoms with Gasteiger partial charge in [-0.1, -0.05) is 0 Å². The zero-order chi connectivity index (χ0) is 14.6. The number of aromatic amines is 2. The SMILES string of the molecule is CCOP(=O)(/N=c1/[nH]c2ccc(OC)cc2[nH]1)OCC. The summed E-state index contributed by atoms with van der Waals surface area (Å²) >= 11 is 0. The molecule has 0 fully saturated rings. The first-order chi connectivity index (χ1) is 9.60. The lowest BCUT2D eigenvalue weighted by Gasteiger charge is -2.09. The number of nitrogens with zero attached hydrogens (tertiary/aromatic N) is 1. The summed E-state index contributed by atoms with van der Waals surface area (Å²) in [5, 5.41) is 0. The fourth-order valence-corrected chi connectivity index (χ4v) is 2.93. The molecule has 0 bridgehead atoms. The van der Waals surface area contributed by atoms with Crippen LogP contribution in [0, 0.1) is 0 Å². The van der Waals surface area contributed by atoms with E-state index >= 15 is 0 Å². The van der Waals surface area contributed by atoms with Gasteiger partial charge in [0.25, 0.3) is 0 Å². The number of H-pyrrole nitrogens is 2. The van der Waals surface area contributed by atoms with E-state index in [0.29, 0.717) is 5.62 Å². The average molecular weight is 299 g/mol. The number of hydrogen-bond acceptors (Lipinski definition) is 4. The maximum Gasteiger partial charge on any atom is 0.457 e. The molecule has 110 valence electrons. The van der Waals surface area contributed by atoms with Crippen LogP contribution in [0.1, 0.15) is 13.8 Å². The maximum absolute atomic E-state index is 12.3. The lowest BCUT2D eigenvalue weighted by molar-refractivity contribution is 0.220. The molecule has 7 nitrogen and oxygen atoms in total. The van der Waals surface area contributed by atoms with Crippen LogP contribution in [-0.2, 0) is 13.6 Å². The smallest absolute Gasteiger partial charge is 0.457 e. The van der Waals surface area contributed by atoms with E-state index in [0.717, 1.165) is 16.8 Å². The molecule has 0 aliphatic heterocycles. The van der Waals surface area contributed by atoms with Crippen molar-refractivity contribution in [1.82, 2.24) is 9.97 Å². The Kier molecular flexibility index (Phi) is 4.65. The summed E-state index contributed by atoms with van der Waals surface area (Å²) in [4.78, 5) is 6.02. The van der Waals surface area contributed by atoms with Crippen LogP contribution < -0.4 is 10.4 Å². The van der Waals surface area contributed by atoms with E-state index in [-0.39, 0.29) is 13.2 Å². The molecule has 20 heavy (non-hydrogen) atoms. The first-order valence-electron chi connectivity index (χ1n) is 6.31. The Labute approximate surface area is 116 Å². The summed E-state index contributed by atoms with van der Waals surface area (Å²) in [6.07, 6.45) is 0. The van der Waals surface area contributed by atoms with Crippen molar-refractivity contribution in [1.29, 1.82) is 0 Å². The molecule has 1 heterocycles. The van der Waals surface area contributed by atoms with Crippen molar-refractivity contribution in [2.45, 2.75) is 13.8 Å². The summed E-state index contributed by atoms with van der Waals surface area (Å²) < 4.78 is 31.7. The molecule has 2 aromatic rings. The summed E-state index contributed by atoms with van der Waals surface area (Å²) in [5.74, 6) is 0.720.